The highest BCUT2D eigenvalue weighted by atomic mass is 35.5. The number of hydrogen-bond acceptors (Lipinski definition) is 3. The van der Waals surface area contributed by atoms with Gasteiger partial charge in [-0.25, -0.2) is 9.97 Å². The average molecular weight is 284 g/mol. The fourth-order valence-corrected chi connectivity index (χ4v) is 2.48. The number of rotatable bonds is 1. The summed E-state index contributed by atoms with van der Waals surface area (Å²) in [5.74, 6) is 1.10. The summed E-state index contributed by atoms with van der Waals surface area (Å²) < 4.78 is 0. The Bertz CT molecular complexity index is 812. The number of benzene rings is 2. The van der Waals surface area contributed by atoms with Crippen LogP contribution < -0.4 is 5.73 Å². The summed E-state index contributed by atoms with van der Waals surface area (Å²) in [6.07, 6.45) is 0. The summed E-state index contributed by atoms with van der Waals surface area (Å²) >= 11 is 5.98. The van der Waals surface area contributed by atoms with Gasteiger partial charge in [-0.15, -0.1) is 0 Å². The van der Waals surface area contributed by atoms with Gasteiger partial charge in [-0.3, -0.25) is 0 Å². The van der Waals surface area contributed by atoms with E-state index >= 15 is 0 Å². The lowest BCUT2D eigenvalue weighted by Gasteiger charge is -2.08. The molecule has 0 spiro atoms. The van der Waals surface area contributed by atoms with Gasteiger partial charge in [0.15, 0.2) is 5.82 Å². The van der Waals surface area contributed by atoms with E-state index in [9.17, 15) is 0 Å². The quantitative estimate of drug-likeness (QED) is 0.730. The van der Waals surface area contributed by atoms with Crippen LogP contribution in [-0.2, 0) is 0 Å². The molecule has 2 N–H and O–H groups in total. The van der Waals surface area contributed by atoms with Gasteiger partial charge in [0, 0.05) is 16.0 Å². The van der Waals surface area contributed by atoms with Crippen LogP contribution in [0.5, 0.6) is 0 Å². The Kier molecular flexibility index (Phi) is 3.07. The normalized spacial score (nSPS) is 10.9. The monoisotopic (exact) mass is 283 g/mol. The third kappa shape index (κ3) is 2.21. The largest absolute Gasteiger partial charge is 0.383 e. The number of halogens is 1. The molecular weight excluding hydrogens is 270 g/mol. The molecule has 0 unspecified atom stereocenters. The molecule has 3 nitrogen and oxygen atoms in total. The second-order valence-electron chi connectivity index (χ2n) is 4.91. The lowest BCUT2D eigenvalue weighted by Crippen LogP contribution is -1.99. The topological polar surface area (TPSA) is 51.8 Å². The van der Waals surface area contributed by atoms with Gasteiger partial charge in [0.2, 0.25) is 0 Å². The van der Waals surface area contributed by atoms with Crippen LogP contribution in [0.3, 0.4) is 0 Å². The molecule has 4 heteroatoms. The second kappa shape index (κ2) is 4.76. The van der Waals surface area contributed by atoms with Gasteiger partial charge >= 0.3 is 0 Å². The smallest absolute Gasteiger partial charge is 0.162 e. The molecule has 0 aliphatic heterocycles. The molecule has 0 aliphatic carbocycles. The van der Waals surface area contributed by atoms with Crippen LogP contribution in [0.25, 0.3) is 22.3 Å². The summed E-state index contributed by atoms with van der Waals surface area (Å²) in [6, 6.07) is 11.7. The zero-order valence-corrected chi connectivity index (χ0v) is 12.1. The average Bonchev–Trinajstić information content (AvgIpc) is 2.39. The van der Waals surface area contributed by atoms with Crippen molar-refractivity contribution in [2.24, 2.45) is 0 Å². The Labute approximate surface area is 122 Å². The number of aromatic nitrogens is 2. The molecule has 3 rings (SSSR count). The molecule has 0 radical (unpaired) electrons. The third-order valence-electron chi connectivity index (χ3n) is 3.31. The van der Waals surface area contributed by atoms with Gasteiger partial charge in [0.05, 0.1) is 5.52 Å². The van der Waals surface area contributed by atoms with E-state index in [0.29, 0.717) is 16.7 Å². The first kappa shape index (κ1) is 12.9. The molecule has 0 fully saturated rings. The van der Waals surface area contributed by atoms with Gasteiger partial charge in [0.25, 0.3) is 0 Å². The van der Waals surface area contributed by atoms with Gasteiger partial charge in [-0.05, 0) is 37.6 Å². The summed E-state index contributed by atoms with van der Waals surface area (Å²) in [4.78, 5) is 9.00. The van der Waals surface area contributed by atoms with Crippen molar-refractivity contribution >= 4 is 28.3 Å². The molecule has 1 aromatic heterocycles. The zero-order chi connectivity index (χ0) is 14.3. The SMILES string of the molecule is Cc1ccc(-c2nc(N)c3cc(Cl)ccc3n2)c(C)c1. The van der Waals surface area contributed by atoms with E-state index in [2.05, 4.69) is 23.0 Å². The van der Waals surface area contributed by atoms with Gasteiger partial charge < -0.3 is 5.73 Å². The first-order valence-electron chi connectivity index (χ1n) is 6.35. The standard InChI is InChI=1S/C16H14ClN3/c1-9-3-5-12(10(2)7-9)16-19-14-6-4-11(17)8-13(14)15(18)20-16/h3-8H,1-2H3,(H2,18,19,20). The van der Waals surface area contributed by atoms with Crippen molar-refractivity contribution in [3.05, 3.63) is 52.5 Å². The van der Waals surface area contributed by atoms with Crippen molar-refractivity contribution < 1.29 is 0 Å². The minimum Gasteiger partial charge on any atom is -0.383 e. The van der Waals surface area contributed by atoms with E-state index in [0.717, 1.165) is 22.0 Å². The molecule has 100 valence electrons. The van der Waals surface area contributed by atoms with E-state index in [1.54, 1.807) is 6.07 Å². The molecule has 0 saturated heterocycles. The Morgan fingerprint density at radius 3 is 2.55 bits per heavy atom. The van der Waals surface area contributed by atoms with E-state index in [-0.39, 0.29) is 0 Å². The number of fused-ring (bicyclic) bond motifs is 1. The van der Waals surface area contributed by atoms with Crippen LogP contribution in [0.2, 0.25) is 5.02 Å². The highest BCUT2D eigenvalue weighted by Gasteiger charge is 2.09. The van der Waals surface area contributed by atoms with Crippen LogP contribution in [0, 0.1) is 13.8 Å². The highest BCUT2D eigenvalue weighted by molar-refractivity contribution is 6.31. The van der Waals surface area contributed by atoms with Crippen molar-refractivity contribution in [3.63, 3.8) is 0 Å². The molecular formula is C16H14ClN3. The molecule has 1 heterocycles. The van der Waals surface area contributed by atoms with E-state index in [1.165, 1.54) is 5.56 Å². The number of nitrogens with two attached hydrogens (primary N) is 1. The fourth-order valence-electron chi connectivity index (χ4n) is 2.31. The van der Waals surface area contributed by atoms with Crippen molar-refractivity contribution in [2.45, 2.75) is 13.8 Å². The van der Waals surface area contributed by atoms with E-state index < -0.39 is 0 Å². The predicted octanol–water partition coefficient (Wildman–Crippen LogP) is 4.15. The van der Waals surface area contributed by atoms with Crippen LogP contribution in [0.4, 0.5) is 5.82 Å². The zero-order valence-electron chi connectivity index (χ0n) is 11.3. The van der Waals surface area contributed by atoms with Gasteiger partial charge in [0.1, 0.15) is 5.82 Å². The van der Waals surface area contributed by atoms with Crippen LogP contribution in [0.15, 0.2) is 36.4 Å². The van der Waals surface area contributed by atoms with E-state index in [4.69, 9.17) is 17.3 Å². The summed E-state index contributed by atoms with van der Waals surface area (Å²) in [7, 11) is 0. The van der Waals surface area contributed by atoms with Gasteiger partial charge in [-0.1, -0.05) is 35.4 Å². The first-order chi connectivity index (χ1) is 9.54. The number of anilines is 1. The maximum Gasteiger partial charge on any atom is 0.162 e. The molecule has 20 heavy (non-hydrogen) atoms. The molecule has 0 saturated carbocycles. The number of hydrogen-bond donors (Lipinski definition) is 1. The molecule has 2 aromatic carbocycles. The number of nitrogens with zero attached hydrogens (tertiary/aromatic N) is 2. The summed E-state index contributed by atoms with van der Waals surface area (Å²) in [5, 5.41) is 1.41. The predicted molar refractivity (Wildman–Crippen MR) is 83.9 cm³/mol. The third-order valence-corrected chi connectivity index (χ3v) is 3.55. The Balaban J connectivity index is 2.24. The molecule has 0 bridgehead atoms. The Hall–Kier alpha value is -2.13. The number of aryl methyl sites for hydroxylation is 2. The van der Waals surface area contributed by atoms with Crippen molar-refractivity contribution in [1.82, 2.24) is 9.97 Å². The molecule has 0 aliphatic rings. The first-order valence-corrected chi connectivity index (χ1v) is 6.73. The molecule has 3 aromatic rings. The fraction of sp³-hybridized carbons (Fsp3) is 0.125. The summed E-state index contributed by atoms with van der Waals surface area (Å²) in [5.41, 5.74) is 10.2. The summed E-state index contributed by atoms with van der Waals surface area (Å²) in [6.45, 7) is 4.11. The molecule has 0 atom stereocenters. The Morgan fingerprint density at radius 1 is 1.00 bits per heavy atom. The minimum absolute atomic E-state index is 0.451. The van der Waals surface area contributed by atoms with Crippen molar-refractivity contribution in [1.29, 1.82) is 0 Å². The maximum absolute atomic E-state index is 6.03. The van der Waals surface area contributed by atoms with Crippen LogP contribution in [-0.4, -0.2) is 9.97 Å². The van der Waals surface area contributed by atoms with Crippen LogP contribution in [0.1, 0.15) is 11.1 Å². The lowest BCUT2D eigenvalue weighted by molar-refractivity contribution is 1.22. The Morgan fingerprint density at radius 2 is 1.80 bits per heavy atom. The lowest BCUT2D eigenvalue weighted by atomic mass is 10.0. The number of nitrogen functional groups attached to an aromatic ring is 1. The van der Waals surface area contributed by atoms with Crippen LogP contribution >= 0.6 is 11.6 Å². The van der Waals surface area contributed by atoms with E-state index in [1.807, 2.05) is 31.2 Å². The highest BCUT2D eigenvalue weighted by Crippen LogP contribution is 2.27. The van der Waals surface area contributed by atoms with Crippen molar-refractivity contribution in [2.75, 3.05) is 5.73 Å². The maximum atomic E-state index is 6.03. The van der Waals surface area contributed by atoms with Crippen molar-refractivity contribution in [3.8, 4) is 11.4 Å². The van der Waals surface area contributed by atoms with Gasteiger partial charge in [-0.2, -0.15) is 0 Å². The molecule has 0 amide bonds. The minimum atomic E-state index is 0.451. The second-order valence-corrected chi connectivity index (χ2v) is 5.35.